The van der Waals surface area contributed by atoms with Gasteiger partial charge in [0.25, 0.3) is 5.91 Å². The zero-order chi connectivity index (χ0) is 19.7. The molecule has 0 bridgehead atoms. The topological polar surface area (TPSA) is 112 Å². The van der Waals surface area contributed by atoms with Crippen LogP contribution in [-0.4, -0.2) is 43.4 Å². The van der Waals surface area contributed by atoms with E-state index < -0.39 is 23.3 Å². The van der Waals surface area contributed by atoms with E-state index in [1.54, 1.807) is 0 Å². The smallest absolute Gasteiger partial charge is 0.251 e. The van der Waals surface area contributed by atoms with Gasteiger partial charge < -0.3 is 11.1 Å². The maximum Gasteiger partial charge on any atom is 0.251 e. The summed E-state index contributed by atoms with van der Waals surface area (Å²) in [6, 6.07) is 2.83. The molecule has 0 aliphatic heterocycles. The largest absolute Gasteiger partial charge is 0.366 e. The van der Waals surface area contributed by atoms with Gasteiger partial charge in [-0.05, 0) is 25.0 Å². The average molecular weight is 385 g/mol. The molecule has 3 aromatic rings. The van der Waals surface area contributed by atoms with Crippen LogP contribution >= 0.6 is 0 Å². The Hall–Kier alpha value is -3.43. The van der Waals surface area contributed by atoms with E-state index in [2.05, 4.69) is 25.4 Å². The second-order valence-corrected chi connectivity index (χ2v) is 6.78. The highest BCUT2D eigenvalue weighted by atomic mass is 19.1. The molecule has 8 nitrogen and oxygen atoms in total. The molecule has 3 heterocycles. The lowest BCUT2D eigenvalue weighted by atomic mass is 9.65. The van der Waals surface area contributed by atoms with Crippen LogP contribution in [0, 0.1) is 5.82 Å². The van der Waals surface area contributed by atoms with Crippen molar-refractivity contribution < 1.29 is 13.6 Å². The van der Waals surface area contributed by atoms with Gasteiger partial charge in [0.1, 0.15) is 17.7 Å². The highest BCUT2D eigenvalue weighted by Gasteiger charge is 2.48. The van der Waals surface area contributed by atoms with Crippen LogP contribution in [0.3, 0.4) is 0 Å². The van der Waals surface area contributed by atoms with E-state index in [4.69, 9.17) is 5.73 Å². The van der Waals surface area contributed by atoms with E-state index in [1.165, 1.54) is 47.8 Å². The number of alkyl halides is 1. The lowest BCUT2D eigenvalue weighted by Gasteiger charge is -2.43. The van der Waals surface area contributed by atoms with Crippen molar-refractivity contribution in [3.8, 4) is 5.69 Å². The molecule has 144 valence electrons. The van der Waals surface area contributed by atoms with E-state index >= 15 is 0 Å². The number of rotatable bonds is 6. The fraction of sp³-hybridized carbons (Fsp3) is 0.278. The van der Waals surface area contributed by atoms with Crippen molar-refractivity contribution in [1.29, 1.82) is 0 Å². The number of carbonyl (C=O) groups is 1. The molecule has 1 aliphatic carbocycles. The van der Waals surface area contributed by atoms with Gasteiger partial charge in [-0.2, -0.15) is 5.10 Å². The van der Waals surface area contributed by atoms with Gasteiger partial charge in [0, 0.05) is 24.4 Å². The molecule has 10 heteroatoms. The molecule has 1 fully saturated rings. The number of amides is 1. The first-order chi connectivity index (χ1) is 13.5. The molecule has 1 aliphatic rings. The molecular formula is C18H17F2N7O. The minimum atomic E-state index is -0.981. The van der Waals surface area contributed by atoms with E-state index in [0.29, 0.717) is 11.6 Å². The number of nitrogens with zero attached hydrogens (tertiary/aromatic N) is 5. The Labute approximate surface area is 158 Å². The molecule has 3 aromatic heterocycles. The van der Waals surface area contributed by atoms with Gasteiger partial charge in [-0.1, -0.05) is 0 Å². The van der Waals surface area contributed by atoms with Gasteiger partial charge in [-0.25, -0.2) is 23.4 Å². The number of anilines is 1. The van der Waals surface area contributed by atoms with Gasteiger partial charge in [0.05, 0.1) is 29.8 Å². The van der Waals surface area contributed by atoms with E-state index in [9.17, 15) is 13.6 Å². The second-order valence-electron chi connectivity index (χ2n) is 6.78. The SMILES string of the molecule is NC(=O)c1cnn(-c2cnc(NCC3(c4ncccc4F)CC(F)C3)nc2)c1. The molecular weight excluding hydrogens is 368 g/mol. The van der Waals surface area contributed by atoms with Crippen LogP contribution < -0.4 is 11.1 Å². The molecule has 0 unspecified atom stereocenters. The molecule has 0 aromatic carbocycles. The lowest BCUT2D eigenvalue weighted by Crippen LogP contribution is -2.49. The molecule has 1 saturated carbocycles. The lowest BCUT2D eigenvalue weighted by molar-refractivity contribution is 0.0963. The van der Waals surface area contributed by atoms with Crippen molar-refractivity contribution in [2.24, 2.45) is 5.73 Å². The zero-order valence-corrected chi connectivity index (χ0v) is 14.7. The number of pyridine rings is 1. The molecule has 0 spiro atoms. The molecule has 3 N–H and O–H groups in total. The molecule has 0 radical (unpaired) electrons. The summed E-state index contributed by atoms with van der Waals surface area (Å²) in [4.78, 5) is 23.7. The summed E-state index contributed by atoms with van der Waals surface area (Å²) < 4.78 is 29.2. The maximum atomic E-state index is 14.2. The third kappa shape index (κ3) is 3.28. The van der Waals surface area contributed by atoms with Gasteiger partial charge in [-0.15, -0.1) is 0 Å². The van der Waals surface area contributed by atoms with Crippen LogP contribution in [0.1, 0.15) is 28.9 Å². The summed E-state index contributed by atoms with van der Waals surface area (Å²) in [5.74, 6) is -0.718. The Morgan fingerprint density at radius 2 is 2.04 bits per heavy atom. The third-order valence-electron chi connectivity index (χ3n) is 4.84. The minimum Gasteiger partial charge on any atom is -0.366 e. The summed E-state index contributed by atoms with van der Waals surface area (Å²) in [6.45, 7) is 0.258. The summed E-state index contributed by atoms with van der Waals surface area (Å²) in [6.07, 6.45) is 6.75. The Morgan fingerprint density at radius 1 is 1.29 bits per heavy atom. The highest BCUT2D eigenvalue weighted by molar-refractivity contribution is 5.92. The minimum absolute atomic E-state index is 0.190. The fourth-order valence-electron chi connectivity index (χ4n) is 3.36. The first-order valence-electron chi connectivity index (χ1n) is 8.63. The first kappa shape index (κ1) is 18.0. The zero-order valence-electron chi connectivity index (χ0n) is 14.7. The summed E-state index contributed by atoms with van der Waals surface area (Å²) in [7, 11) is 0. The Morgan fingerprint density at radius 3 is 2.64 bits per heavy atom. The van der Waals surface area contributed by atoms with Crippen LogP contribution in [0.4, 0.5) is 14.7 Å². The van der Waals surface area contributed by atoms with Crippen molar-refractivity contribution in [1.82, 2.24) is 24.7 Å². The van der Waals surface area contributed by atoms with Crippen LogP contribution in [0.2, 0.25) is 0 Å². The van der Waals surface area contributed by atoms with E-state index in [-0.39, 0.29) is 30.6 Å². The number of halogens is 2. The Kier molecular flexibility index (Phi) is 4.46. The predicted molar refractivity (Wildman–Crippen MR) is 96.2 cm³/mol. The molecule has 1 amide bonds. The Bertz CT molecular complexity index is 999. The first-order valence-corrected chi connectivity index (χ1v) is 8.63. The predicted octanol–water partition coefficient (Wildman–Crippen LogP) is 1.78. The van der Waals surface area contributed by atoms with Crippen molar-refractivity contribution in [2.45, 2.75) is 24.4 Å². The molecule has 0 saturated heterocycles. The molecule has 4 rings (SSSR count). The average Bonchev–Trinajstić information content (AvgIpc) is 3.16. The number of nitrogens with one attached hydrogen (secondary N) is 1. The number of hydrogen-bond acceptors (Lipinski definition) is 6. The van der Waals surface area contributed by atoms with Crippen LogP contribution in [0.25, 0.3) is 5.69 Å². The highest BCUT2D eigenvalue weighted by Crippen LogP contribution is 2.45. The van der Waals surface area contributed by atoms with Crippen molar-refractivity contribution in [2.75, 3.05) is 11.9 Å². The van der Waals surface area contributed by atoms with Crippen LogP contribution in [0.15, 0.2) is 43.1 Å². The van der Waals surface area contributed by atoms with Gasteiger partial charge in [-0.3, -0.25) is 9.78 Å². The van der Waals surface area contributed by atoms with Crippen molar-refractivity contribution in [3.05, 3.63) is 60.2 Å². The van der Waals surface area contributed by atoms with E-state index in [0.717, 1.165) is 0 Å². The number of primary amides is 1. The van der Waals surface area contributed by atoms with Gasteiger partial charge >= 0.3 is 0 Å². The number of nitrogens with two attached hydrogens (primary N) is 1. The standard InChI is InChI=1S/C18H17F2N7O/c19-12-4-18(5-12,15-14(20)2-1-3-22-15)10-25-17-23-7-13(8-24-17)27-9-11(6-26-27)16(21)28/h1-3,6-9,12H,4-5,10H2,(H2,21,28)(H,23,24,25). The number of hydrogen-bond donors (Lipinski definition) is 2. The summed E-state index contributed by atoms with van der Waals surface area (Å²) in [5, 5.41) is 7.06. The Balaban J connectivity index is 1.48. The van der Waals surface area contributed by atoms with Crippen LogP contribution in [0.5, 0.6) is 0 Å². The molecule has 28 heavy (non-hydrogen) atoms. The van der Waals surface area contributed by atoms with E-state index in [1.807, 2.05) is 0 Å². The third-order valence-corrected chi connectivity index (χ3v) is 4.84. The maximum absolute atomic E-state index is 14.2. The monoisotopic (exact) mass is 385 g/mol. The second kappa shape index (κ2) is 6.95. The number of aromatic nitrogens is 5. The fourth-order valence-corrected chi connectivity index (χ4v) is 3.36. The van der Waals surface area contributed by atoms with Crippen molar-refractivity contribution >= 4 is 11.9 Å². The summed E-state index contributed by atoms with van der Waals surface area (Å²) in [5.41, 5.74) is 5.54. The quantitative estimate of drug-likeness (QED) is 0.669. The number of carbonyl (C=O) groups excluding carboxylic acids is 1. The summed E-state index contributed by atoms with van der Waals surface area (Å²) >= 11 is 0. The van der Waals surface area contributed by atoms with Gasteiger partial charge in [0.2, 0.25) is 5.95 Å². The van der Waals surface area contributed by atoms with Gasteiger partial charge in [0.15, 0.2) is 0 Å². The van der Waals surface area contributed by atoms with Crippen molar-refractivity contribution in [3.63, 3.8) is 0 Å². The van der Waals surface area contributed by atoms with Crippen LogP contribution in [-0.2, 0) is 5.41 Å². The molecule has 0 atom stereocenters. The normalized spacial score (nSPS) is 21.1.